The summed E-state index contributed by atoms with van der Waals surface area (Å²) in [5.41, 5.74) is 0.254. The number of hydrogen-bond donors (Lipinski definition) is 1. The fraction of sp³-hybridized carbons (Fsp3) is 0.917. The molecular weight excluding hydrogens is 230 g/mol. The standard InChI is InChI=1S/C12H21N5O/c1-17-15-11(14-16-17)8-12(4-6-18-7-5-12)9-13-10-2-3-10/h10,13H,2-9H2,1H3. The zero-order valence-corrected chi connectivity index (χ0v) is 10.9. The van der Waals surface area contributed by atoms with E-state index in [1.807, 2.05) is 7.05 Å². The van der Waals surface area contributed by atoms with Crippen LogP contribution in [-0.4, -0.2) is 46.0 Å². The molecule has 1 aromatic rings. The summed E-state index contributed by atoms with van der Waals surface area (Å²) in [7, 11) is 1.82. The molecule has 2 heterocycles. The molecule has 1 aromatic heterocycles. The van der Waals surface area contributed by atoms with Crippen LogP contribution >= 0.6 is 0 Å². The first-order valence-corrected chi connectivity index (χ1v) is 6.80. The molecule has 0 unspecified atom stereocenters. The normalized spacial score (nSPS) is 23.2. The van der Waals surface area contributed by atoms with Crippen LogP contribution < -0.4 is 5.32 Å². The van der Waals surface area contributed by atoms with Crippen molar-refractivity contribution in [2.75, 3.05) is 19.8 Å². The number of rotatable bonds is 5. The number of aryl methyl sites for hydroxylation is 1. The molecule has 18 heavy (non-hydrogen) atoms. The average molecular weight is 251 g/mol. The van der Waals surface area contributed by atoms with Crippen LogP contribution in [0.25, 0.3) is 0 Å². The topological polar surface area (TPSA) is 64.9 Å². The highest BCUT2D eigenvalue weighted by Crippen LogP contribution is 2.34. The van der Waals surface area contributed by atoms with E-state index in [9.17, 15) is 0 Å². The third kappa shape index (κ3) is 2.87. The summed E-state index contributed by atoms with van der Waals surface area (Å²) in [5.74, 6) is 0.858. The molecule has 1 aliphatic carbocycles. The number of tetrazole rings is 1. The third-order valence-electron chi connectivity index (χ3n) is 3.98. The maximum absolute atomic E-state index is 5.50. The van der Waals surface area contributed by atoms with Gasteiger partial charge in [0.1, 0.15) is 0 Å². The fourth-order valence-electron chi connectivity index (χ4n) is 2.60. The second kappa shape index (κ2) is 4.93. The zero-order chi connectivity index (χ0) is 12.4. The van der Waals surface area contributed by atoms with Gasteiger partial charge in [-0.2, -0.15) is 4.80 Å². The molecule has 0 radical (unpaired) electrons. The van der Waals surface area contributed by atoms with Crippen molar-refractivity contribution in [1.82, 2.24) is 25.5 Å². The number of hydrogen-bond acceptors (Lipinski definition) is 5. The second-order valence-electron chi connectivity index (χ2n) is 5.64. The SMILES string of the molecule is Cn1nnc(CC2(CNC3CC3)CCOCC2)n1. The van der Waals surface area contributed by atoms with Crippen molar-refractivity contribution < 1.29 is 4.74 Å². The van der Waals surface area contributed by atoms with E-state index in [2.05, 4.69) is 20.7 Å². The zero-order valence-electron chi connectivity index (χ0n) is 10.9. The van der Waals surface area contributed by atoms with Crippen LogP contribution in [0, 0.1) is 5.41 Å². The first-order valence-electron chi connectivity index (χ1n) is 6.80. The highest BCUT2D eigenvalue weighted by atomic mass is 16.5. The first-order chi connectivity index (χ1) is 8.76. The molecule has 2 fully saturated rings. The van der Waals surface area contributed by atoms with E-state index >= 15 is 0 Å². The van der Waals surface area contributed by atoms with Gasteiger partial charge >= 0.3 is 0 Å². The average Bonchev–Trinajstić information content (AvgIpc) is 3.12. The van der Waals surface area contributed by atoms with Crippen molar-refractivity contribution in [3.63, 3.8) is 0 Å². The second-order valence-corrected chi connectivity index (χ2v) is 5.64. The molecule has 1 N–H and O–H groups in total. The smallest absolute Gasteiger partial charge is 0.175 e. The predicted molar refractivity (Wildman–Crippen MR) is 66.0 cm³/mol. The molecule has 6 heteroatoms. The van der Waals surface area contributed by atoms with Crippen LogP contribution in [0.5, 0.6) is 0 Å². The minimum atomic E-state index is 0.254. The lowest BCUT2D eigenvalue weighted by Gasteiger charge is -2.36. The monoisotopic (exact) mass is 251 g/mol. The molecule has 0 atom stereocenters. The summed E-state index contributed by atoms with van der Waals surface area (Å²) >= 11 is 0. The molecule has 1 aliphatic heterocycles. The molecular formula is C12H21N5O. The lowest BCUT2D eigenvalue weighted by molar-refractivity contribution is 0.0138. The van der Waals surface area contributed by atoms with Crippen molar-refractivity contribution in [3.05, 3.63) is 5.82 Å². The Morgan fingerprint density at radius 1 is 1.39 bits per heavy atom. The van der Waals surface area contributed by atoms with Crippen LogP contribution in [0.4, 0.5) is 0 Å². The van der Waals surface area contributed by atoms with Gasteiger partial charge < -0.3 is 10.1 Å². The Morgan fingerprint density at radius 3 is 2.78 bits per heavy atom. The van der Waals surface area contributed by atoms with Gasteiger partial charge in [-0.3, -0.25) is 0 Å². The summed E-state index contributed by atoms with van der Waals surface area (Å²) in [4.78, 5) is 1.54. The summed E-state index contributed by atoms with van der Waals surface area (Å²) in [6, 6.07) is 0.750. The number of nitrogens with one attached hydrogen (secondary N) is 1. The predicted octanol–water partition coefficient (Wildman–Crippen LogP) is 0.301. The van der Waals surface area contributed by atoms with Gasteiger partial charge in [-0.05, 0) is 36.3 Å². The van der Waals surface area contributed by atoms with Gasteiger partial charge in [-0.15, -0.1) is 10.2 Å². The summed E-state index contributed by atoms with van der Waals surface area (Å²) in [5, 5.41) is 16.0. The van der Waals surface area contributed by atoms with Crippen LogP contribution in [-0.2, 0) is 18.2 Å². The van der Waals surface area contributed by atoms with Crippen LogP contribution in [0.1, 0.15) is 31.5 Å². The molecule has 0 amide bonds. The Hall–Kier alpha value is -1.01. The minimum absolute atomic E-state index is 0.254. The van der Waals surface area contributed by atoms with E-state index < -0.39 is 0 Å². The van der Waals surface area contributed by atoms with Gasteiger partial charge in [0.05, 0.1) is 7.05 Å². The van der Waals surface area contributed by atoms with Crippen molar-refractivity contribution in [2.45, 2.75) is 38.1 Å². The lowest BCUT2D eigenvalue weighted by atomic mass is 9.77. The Bertz CT molecular complexity index is 395. The van der Waals surface area contributed by atoms with Gasteiger partial charge in [0.25, 0.3) is 0 Å². The quantitative estimate of drug-likeness (QED) is 0.815. The van der Waals surface area contributed by atoms with E-state index in [1.54, 1.807) is 0 Å². The molecule has 100 valence electrons. The van der Waals surface area contributed by atoms with E-state index in [0.29, 0.717) is 0 Å². The van der Waals surface area contributed by atoms with Crippen LogP contribution in [0.15, 0.2) is 0 Å². The van der Waals surface area contributed by atoms with Gasteiger partial charge in [0.15, 0.2) is 5.82 Å². The molecule has 0 aromatic carbocycles. The van der Waals surface area contributed by atoms with Gasteiger partial charge in [0.2, 0.25) is 0 Å². The largest absolute Gasteiger partial charge is 0.381 e. The maximum Gasteiger partial charge on any atom is 0.175 e. The summed E-state index contributed by atoms with van der Waals surface area (Å²) in [6.45, 7) is 2.76. The van der Waals surface area contributed by atoms with Crippen molar-refractivity contribution in [1.29, 1.82) is 0 Å². The minimum Gasteiger partial charge on any atom is -0.381 e. The van der Waals surface area contributed by atoms with Crippen molar-refractivity contribution >= 4 is 0 Å². The molecule has 1 saturated heterocycles. The molecule has 3 rings (SSSR count). The van der Waals surface area contributed by atoms with E-state index in [1.165, 1.54) is 17.6 Å². The van der Waals surface area contributed by atoms with Crippen LogP contribution in [0.2, 0.25) is 0 Å². The van der Waals surface area contributed by atoms with Crippen molar-refractivity contribution in [3.8, 4) is 0 Å². The Balaban J connectivity index is 1.66. The van der Waals surface area contributed by atoms with E-state index in [4.69, 9.17) is 4.74 Å². The number of ether oxygens (including phenoxy) is 1. The summed E-state index contributed by atoms with van der Waals surface area (Å²) < 4.78 is 5.50. The maximum atomic E-state index is 5.50. The molecule has 0 spiro atoms. The lowest BCUT2D eigenvalue weighted by Crippen LogP contribution is -2.41. The molecule has 6 nitrogen and oxygen atoms in total. The van der Waals surface area contributed by atoms with E-state index in [0.717, 1.165) is 50.9 Å². The molecule has 2 aliphatic rings. The number of nitrogens with zero attached hydrogens (tertiary/aromatic N) is 4. The van der Waals surface area contributed by atoms with Gasteiger partial charge in [0, 0.05) is 32.2 Å². The first kappa shape index (κ1) is 12.0. The molecule has 0 bridgehead atoms. The Labute approximate surface area is 107 Å². The highest BCUT2D eigenvalue weighted by Gasteiger charge is 2.35. The summed E-state index contributed by atoms with van der Waals surface area (Å²) in [6.07, 6.45) is 5.74. The van der Waals surface area contributed by atoms with Gasteiger partial charge in [-0.1, -0.05) is 0 Å². The Kier molecular flexibility index (Phi) is 3.30. The highest BCUT2D eigenvalue weighted by molar-refractivity contribution is 4.95. The Morgan fingerprint density at radius 2 is 2.17 bits per heavy atom. The third-order valence-corrected chi connectivity index (χ3v) is 3.98. The van der Waals surface area contributed by atoms with Crippen LogP contribution in [0.3, 0.4) is 0 Å². The molecule has 1 saturated carbocycles. The number of aromatic nitrogens is 4. The van der Waals surface area contributed by atoms with Gasteiger partial charge in [-0.25, -0.2) is 0 Å². The van der Waals surface area contributed by atoms with E-state index in [-0.39, 0.29) is 5.41 Å². The fourth-order valence-corrected chi connectivity index (χ4v) is 2.60. The van der Waals surface area contributed by atoms with Crippen molar-refractivity contribution in [2.24, 2.45) is 12.5 Å².